The highest BCUT2D eigenvalue weighted by Crippen LogP contribution is 2.15. The van der Waals surface area contributed by atoms with Gasteiger partial charge in [-0.25, -0.2) is 0 Å². The van der Waals surface area contributed by atoms with Crippen LogP contribution in [0.4, 0.5) is 0 Å². The Morgan fingerprint density at radius 1 is 1.33 bits per heavy atom. The number of thioether (sulfide) groups is 1. The van der Waals surface area contributed by atoms with E-state index in [0.717, 1.165) is 42.4 Å². The normalized spacial score (nSPS) is 11.9. The zero-order valence-corrected chi connectivity index (χ0v) is 14.6. The molecular formula is C15H29N3O2S. The molecule has 5 nitrogen and oxygen atoms in total. The maximum absolute atomic E-state index is 10.6. The third-order valence-corrected chi connectivity index (χ3v) is 3.47. The molecule has 0 bridgehead atoms. The van der Waals surface area contributed by atoms with E-state index in [2.05, 4.69) is 15.5 Å². The fraction of sp³-hybridized carbons (Fsp3) is 0.667. The molecular weight excluding hydrogens is 286 g/mol. The monoisotopic (exact) mass is 315 g/mol. The van der Waals surface area contributed by atoms with Gasteiger partial charge in [0.2, 0.25) is 0 Å². The number of nitrogens with zero attached hydrogens (tertiary/aromatic N) is 1. The molecule has 0 saturated heterocycles. The van der Waals surface area contributed by atoms with Crippen LogP contribution < -0.4 is 10.6 Å². The van der Waals surface area contributed by atoms with Crippen molar-refractivity contribution < 1.29 is 9.21 Å². The van der Waals surface area contributed by atoms with Gasteiger partial charge in [-0.15, -0.1) is 0 Å². The van der Waals surface area contributed by atoms with Crippen molar-refractivity contribution in [1.29, 1.82) is 0 Å². The number of hydrogen-bond donors (Lipinski definition) is 2. The highest BCUT2D eigenvalue weighted by Gasteiger charge is 2.04. The lowest BCUT2D eigenvalue weighted by Gasteiger charge is -2.10. The Bertz CT molecular complexity index is 370. The van der Waals surface area contributed by atoms with Crippen molar-refractivity contribution in [2.45, 2.75) is 32.3 Å². The Labute approximate surface area is 132 Å². The van der Waals surface area contributed by atoms with Gasteiger partial charge in [0.25, 0.3) is 0 Å². The van der Waals surface area contributed by atoms with E-state index in [0.29, 0.717) is 0 Å². The largest absolute Gasteiger partial charge is 0.464 e. The summed E-state index contributed by atoms with van der Waals surface area (Å²) in [4.78, 5) is 12.6. The van der Waals surface area contributed by atoms with Gasteiger partial charge in [-0.05, 0) is 33.3 Å². The van der Waals surface area contributed by atoms with Crippen molar-refractivity contribution in [3.8, 4) is 0 Å². The minimum absolute atomic E-state index is 0.254. The van der Waals surface area contributed by atoms with E-state index in [1.54, 1.807) is 18.8 Å². The summed E-state index contributed by atoms with van der Waals surface area (Å²) in [6, 6.07) is 4.05. The minimum Gasteiger partial charge on any atom is -0.464 e. The van der Waals surface area contributed by atoms with Crippen molar-refractivity contribution in [2.24, 2.45) is 0 Å². The van der Waals surface area contributed by atoms with Crippen LogP contribution in [0.1, 0.15) is 25.4 Å². The van der Waals surface area contributed by atoms with Crippen LogP contribution in [0.15, 0.2) is 16.5 Å². The molecule has 0 aliphatic rings. The van der Waals surface area contributed by atoms with Crippen LogP contribution >= 0.6 is 11.8 Å². The Morgan fingerprint density at radius 3 is 2.57 bits per heavy atom. The number of carbonyl (C=O) groups excluding carboxylic acids is 1. The second-order valence-electron chi connectivity index (χ2n) is 4.51. The SMILES string of the molecule is CC.CNC(C=O)NCCSCc1ccc(CN(C)C)o1. The first-order valence-corrected chi connectivity index (χ1v) is 8.47. The highest BCUT2D eigenvalue weighted by molar-refractivity contribution is 7.98. The maximum Gasteiger partial charge on any atom is 0.151 e. The van der Waals surface area contributed by atoms with Gasteiger partial charge in [0.05, 0.1) is 12.3 Å². The number of carbonyl (C=O) groups is 1. The number of furan rings is 1. The molecule has 1 unspecified atom stereocenters. The summed E-state index contributed by atoms with van der Waals surface area (Å²) in [5.41, 5.74) is 0. The highest BCUT2D eigenvalue weighted by atomic mass is 32.2. The van der Waals surface area contributed by atoms with E-state index in [9.17, 15) is 4.79 Å². The predicted molar refractivity (Wildman–Crippen MR) is 90.5 cm³/mol. The standard InChI is InChI=1S/C13H23N3O2S.C2H6/c1-14-13(9-17)15-6-7-19-10-12-5-4-11(18-12)8-16(2)3;1-2/h4-5,9,13-15H,6-8,10H2,1-3H3;1-2H3. The molecule has 0 aliphatic heterocycles. The molecule has 0 aromatic carbocycles. The summed E-state index contributed by atoms with van der Waals surface area (Å²) in [6.07, 6.45) is 0.612. The number of aldehydes is 1. The van der Waals surface area contributed by atoms with Crippen molar-refractivity contribution >= 4 is 18.0 Å². The van der Waals surface area contributed by atoms with E-state index < -0.39 is 0 Å². The van der Waals surface area contributed by atoms with Crippen LogP contribution in [-0.4, -0.2) is 50.8 Å². The van der Waals surface area contributed by atoms with Gasteiger partial charge in [0.15, 0.2) is 6.29 Å². The minimum atomic E-state index is -0.254. The average Bonchev–Trinajstić information content (AvgIpc) is 2.91. The van der Waals surface area contributed by atoms with Gasteiger partial charge in [0.1, 0.15) is 17.7 Å². The summed E-state index contributed by atoms with van der Waals surface area (Å²) in [5, 5.41) is 5.97. The van der Waals surface area contributed by atoms with E-state index in [1.165, 1.54) is 0 Å². The molecule has 1 aromatic heterocycles. The van der Waals surface area contributed by atoms with E-state index in [-0.39, 0.29) is 6.17 Å². The Balaban J connectivity index is 0.00000191. The van der Waals surface area contributed by atoms with Crippen molar-refractivity contribution in [2.75, 3.05) is 33.4 Å². The first-order chi connectivity index (χ1) is 10.2. The fourth-order valence-corrected chi connectivity index (χ4v) is 2.34. The molecule has 0 amide bonds. The zero-order valence-electron chi connectivity index (χ0n) is 13.8. The topological polar surface area (TPSA) is 57.5 Å². The zero-order chi connectivity index (χ0) is 16.1. The van der Waals surface area contributed by atoms with Crippen LogP contribution in [-0.2, 0) is 17.1 Å². The number of likely N-dealkylation sites (N-methyl/N-ethyl adjacent to an activating group) is 1. The molecule has 0 spiro atoms. The van der Waals surface area contributed by atoms with Gasteiger partial charge in [-0.2, -0.15) is 11.8 Å². The molecule has 6 heteroatoms. The first kappa shape index (κ1) is 20.2. The van der Waals surface area contributed by atoms with Gasteiger partial charge >= 0.3 is 0 Å². The molecule has 122 valence electrons. The van der Waals surface area contributed by atoms with E-state index in [4.69, 9.17) is 4.42 Å². The van der Waals surface area contributed by atoms with Crippen molar-refractivity contribution in [1.82, 2.24) is 15.5 Å². The number of nitrogens with one attached hydrogen (secondary N) is 2. The summed E-state index contributed by atoms with van der Waals surface area (Å²) < 4.78 is 5.71. The Kier molecular flexibility index (Phi) is 12.4. The molecule has 0 saturated carbocycles. The molecule has 21 heavy (non-hydrogen) atoms. The van der Waals surface area contributed by atoms with Crippen LogP contribution in [0.2, 0.25) is 0 Å². The molecule has 2 N–H and O–H groups in total. The Morgan fingerprint density at radius 2 is 2.00 bits per heavy atom. The third-order valence-electron chi connectivity index (χ3n) is 2.49. The number of hydrogen-bond acceptors (Lipinski definition) is 6. The van der Waals surface area contributed by atoms with Crippen LogP contribution in [0, 0.1) is 0 Å². The summed E-state index contributed by atoms with van der Waals surface area (Å²) in [7, 11) is 5.80. The molecule has 1 heterocycles. The van der Waals surface area contributed by atoms with Crippen LogP contribution in [0.3, 0.4) is 0 Å². The third kappa shape index (κ3) is 9.68. The fourth-order valence-electron chi connectivity index (χ4n) is 1.57. The van der Waals surface area contributed by atoms with E-state index >= 15 is 0 Å². The molecule has 0 aliphatic carbocycles. The van der Waals surface area contributed by atoms with Crippen molar-refractivity contribution in [3.05, 3.63) is 23.7 Å². The molecule has 0 radical (unpaired) electrons. The molecule has 1 aromatic rings. The van der Waals surface area contributed by atoms with E-state index in [1.807, 2.05) is 40.1 Å². The van der Waals surface area contributed by atoms with Crippen LogP contribution in [0.5, 0.6) is 0 Å². The lowest BCUT2D eigenvalue weighted by Crippen LogP contribution is -2.42. The van der Waals surface area contributed by atoms with Gasteiger partial charge in [-0.1, -0.05) is 13.8 Å². The smallest absolute Gasteiger partial charge is 0.151 e. The van der Waals surface area contributed by atoms with Gasteiger partial charge < -0.3 is 14.1 Å². The lowest BCUT2D eigenvalue weighted by molar-refractivity contribution is -0.110. The second-order valence-corrected chi connectivity index (χ2v) is 5.62. The second kappa shape index (κ2) is 12.9. The first-order valence-electron chi connectivity index (χ1n) is 7.31. The quantitative estimate of drug-likeness (QED) is 0.391. The lowest BCUT2D eigenvalue weighted by atomic mass is 10.4. The molecule has 1 atom stereocenters. The Hall–Kier alpha value is -0.820. The predicted octanol–water partition coefficient (Wildman–Crippen LogP) is 1.93. The molecule has 0 fully saturated rings. The molecule has 1 rings (SSSR count). The van der Waals surface area contributed by atoms with Crippen LogP contribution in [0.25, 0.3) is 0 Å². The summed E-state index contributed by atoms with van der Waals surface area (Å²) in [6.45, 7) is 5.62. The summed E-state index contributed by atoms with van der Waals surface area (Å²) in [5.74, 6) is 3.80. The average molecular weight is 315 g/mol. The maximum atomic E-state index is 10.6. The van der Waals surface area contributed by atoms with Gasteiger partial charge in [-0.3, -0.25) is 10.6 Å². The van der Waals surface area contributed by atoms with Gasteiger partial charge in [0, 0.05) is 12.3 Å². The number of rotatable bonds is 10. The summed E-state index contributed by atoms with van der Waals surface area (Å²) >= 11 is 1.79. The van der Waals surface area contributed by atoms with Crippen molar-refractivity contribution in [3.63, 3.8) is 0 Å².